The van der Waals surface area contributed by atoms with Gasteiger partial charge in [-0.3, -0.25) is 4.79 Å². The molecule has 0 heterocycles. The van der Waals surface area contributed by atoms with E-state index in [0.717, 1.165) is 13.0 Å². The molecule has 5 heteroatoms. The number of carbonyl (C=O) groups excluding carboxylic acids is 1. The van der Waals surface area contributed by atoms with Crippen molar-refractivity contribution in [2.45, 2.75) is 13.3 Å². The molecule has 1 unspecified atom stereocenters. The number of nitrogens with two attached hydrogens (primary N) is 1. The first-order valence-electron chi connectivity index (χ1n) is 6.35. The molecule has 1 amide bonds. The van der Waals surface area contributed by atoms with Crippen LogP contribution in [-0.4, -0.2) is 31.0 Å². The fourth-order valence-corrected chi connectivity index (χ4v) is 1.73. The van der Waals surface area contributed by atoms with Gasteiger partial charge in [-0.1, -0.05) is 30.4 Å². The average Bonchev–Trinajstić information content (AvgIpc) is 2.43. The Balaban J connectivity index is 2.24. The standard InChI is InChI=1S/C14H21N3OS/c1-11(13(15)19)14(18)16-9-6-10-17(2)12-7-4-3-5-8-12/h3-5,7-8,11H,6,9-10H2,1-2H3,(H2,15,19)(H,16,18). The molecule has 0 fully saturated rings. The number of benzene rings is 1. The summed E-state index contributed by atoms with van der Waals surface area (Å²) >= 11 is 4.79. The molecule has 3 N–H and O–H groups in total. The molecule has 1 rings (SSSR count). The van der Waals surface area contributed by atoms with Crippen LogP contribution in [0.2, 0.25) is 0 Å². The van der Waals surface area contributed by atoms with Crippen molar-refractivity contribution >= 4 is 28.8 Å². The zero-order valence-corrected chi connectivity index (χ0v) is 12.2. The Morgan fingerprint density at radius 2 is 2.05 bits per heavy atom. The van der Waals surface area contributed by atoms with Crippen LogP contribution in [0.1, 0.15) is 13.3 Å². The predicted molar refractivity (Wildman–Crippen MR) is 83.3 cm³/mol. The van der Waals surface area contributed by atoms with Gasteiger partial charge in [-0.2, -0.15) is 0 Å². The smallest absolute Gasteiger partial charge is 0.229 e. The van der Waals surface area contributed by atoms with Gasteiger partial charge in [0.25, 0.3) is 0 Å². The van der Waals surface area contributed by atoms with Gasteiger partial charge in [-0.15, -0.1) is 0 Å². The van der Waals surface area contributed by atoms with Crippen molar-refractivity contribution in [1.82, 2.24) is 5.32 Å². The summed E-state index contributed by atoms with van der Waals surface area (Å²) in [5.74, 6) is -0.503. The molecule has 0 saturated carbocycles. The number of nitrogens with zero attached hydrogens (tertiary/aromatic N) is 1. The van der Waals surface area contributed by atoms with E-state index in [9.17, 15) is 4.79 Å². The molecule has 1 aromatic carbocycles. The van der Waals surface area contributed by atoms with E-state index in [1.54, 1.807) is 6.92 Å². The lowest BCUT2D eigenvalue weighted by molar-refractivity contribution is -0.122. The summed E-state index contributed by atoms with van der Waals surface area (Å²) in [6, 6.07) is 10.1. The quantitative estimate of drug-likeness (QED) is 0.587. The number of nitrogens with one attached hydrogen (secondary N) is 1. The lowest BCUT2D eigenvalue weighted by atomic mass is 10.1. The van der Waals surface area contributed by atoms with Crippen molar-refractivity contribution in [3.8, 4) is 0 Å². The number of anilines is 1. The van der Waals surface area contributed by atoms with E-state index in [1.807, 2.05) is 25.2 Å². The highest BCUT2D eigenvalue weighted by molar-refractivity contribution is 7.80. The fraction of sp³-hybridized carbons (Fsp3) is 0.429. The van der Waals surface area contributed by atoms with Gasteiger partial charge in [0.15, 0.2) is 0 Å². The van der Waals surface area contributed by atoms with Gasteiger partial charge in [0.1, 0.15) is 0 Å². The van der Waals surface area contributed by atoms with Crippen LogP contribution in [0, 0.1) is 5.92 Å². The van der Waals surface area contributed by atoms with Crippen LogP contribution < -0.4 is 16.0 Å². The van der Waals surface area contributed by atoms with Gasteiger partial charge in [-0.05, 0) is 25.5 Å². The van der Waals surface area contributed by atoms with Gasteiger partial charge in [0.05, 0.1) is 10.9 Å². The normalized spacial score (nSPS) is 11.7. The second-order valence-corrected chi connectivity index (χ2v) is 5.00. The molecule has 0 aliphatic carbocycles. The fourth-order valence-electron chi connectivity index (χ4n) is 1.62. The lowest BCUT2D eigenvalue weighted by Gasteiger charge is -2.19. The summed E-state index contributed by atoms with van der Waals surface area (Å²) in [5, 5.41) is 2.84. The molecule has 0 bridgehead atoms. The number of hydrogen-bond donors (Lipinski definition) is 2. The number of carbonyl (C=O) groups is 1. The minimum Gasteiger partial charge on any atom is -0.393 e. The van der Waals surface area contributed by atoms with Crippen molar-refractivity contribution in [1.29, 1.82) is 0 Å². The van der Waals surface area contributed by atoms with Crippen molar-refractivity contribution in [3.05, 3.63) is 30.3 Å². The molecule has 0 radical (unpaired) electrons. The van der Waals surface area contributed by atoms with Crippen LogP contribution in [0.3, 0.4) is 0 Å². The molecule has 1 aromatic rings. The molecule has 0 spiro atoms. The van der Waals surface area contributed by atoms with Gasteiger partial charge >= 0.3 is 0 Å². The maximum atomic E-state index is 11.6. The third kappa shape index (κ3) is 5.26. The third-order valence-corrected chi connectivity index (χ3v) is 3.34. The predicted octanol–water partition coefficient (Wildman–Crippen LogP) is 1.55. The van der Waals surface area contributed by atoms with Gasteiger partial charge in [0.2, 0.25) is 5.91 Å². The second kappa shape index (κ2) is 7.74. The molecule has 4 nitrogen and oxygen atoms in total. The Labute approximate surface area is 120 Å². The molecule has 104 valence electrons. The molecule has 0 aromatic heterocycles. The number of thiocarbonyl (C=S) groups is 1. The highest BCUT2D eigenvalue weighted by atomic mass is 32.1. The van der Waals surface area contributed by atoms with E-state index in [4.69, 9.17) is 18.0 Å². The van der Waals surface area contributed by atoms with Gasteiger partial charge in [-0.25, -0.2) is 0 Å². The zero-order valence-electron chi connectivity index (χ0n) is 11.4. The Hall–Kier alpha value is -1.62. The van der Waals surface area contributed by atoms with Crippen LogP contribution in [0.4, 0.5) is 5.69 Å². The molecule has 19 heavy (non-hydrogen) atoms. The van der Waals surface area contributed by atoms with E-state index < -0.39 is 5.92 Å². The summed E-state index contributed by atoms with van der Waals surface area (Å²) < 4.78 is 0. The van der Waals surface area contributed by atoms with Gasteiger partial charge in [0, 0.05) is 25.8 Å². The van der Waals surface area contributed by atoms with E-state index >= 15 is 0 Å². The van der Waals surface area contributed by atoms with E-state index in [2.05, 4.69) is 22.3 Å². The lowest BCUT2D eigenvalue weighted by Crippen LogP contribution is -2.37. The Bertz CT molecular complexity index is 422. The van der Waals surface area contributed by atoms with Crippen LogP contribution in [-0.2, 0) is 4.79 Å². The van der Waals surface area contributed by atoms with Crippen molar-refractivity contribution in [2.75, 3.05) is 25.0 Å². The minimum atomic E-state index is -0.401. The summed E-state index contributed by atoms with van der Waals surface area (Å²) in [5.41, 5.74) is 6.60. The summed E-state index contributed by atoms with van der Waals surface area (Å²) in [6.07, 6.45) is 0.876. The van der Waals surface area contributed by atoms with Crippen molar-refractivity contribution in [3.63, 3.8) is 0 Å². The first-order chi connectivity index (χ1) is 9.02. The highest BCUT2D eigenvalue weighted by Gasteiger charge is 2.14. The van der Waals surface area contributed by atoms with Gasteiger partial charge < -0.3 is 16.0 Å². The van der Waals surface area contributed by atoms with Crippen LogP contribution in [0.5, 0.6) is 0 Å². The molecule has 0 aliphatic rings. The van der Waals surface area contributed by atoms with Crippen LogP contribution in [0.25, 0.3) is 0 Å². The Kier molecular flexibility index (Phi) is 6.29. The van der Waals surface area contributed by atoms with E-state index in [1.165, 1.54) is 5.69 Å². The summed E-state index contributed by atoms with van der Waals surface area (Å²) in [7, 11) is 2.04. The molecular weight excluding hydrogens is 258 g/mol. The first kappa shape index (κ1) is 15.4. The number of para-hydroxylation sites is 1. The van der Waals surface area contributed by atoms with Crippen LogP contribution >= 0.6 is 12.2 Å². The van der Waals surface area contributed by atoms with E-state index in [0.29, 0.717) is 6.54 Å². The number of rotatable bonds is 7. The van der Waals surface area contributed by atoms with Crippen LogP contribution in [0.15, 0.2) is 30.3 Å². The first-order valence-corrected chi connectivity index (χ1v) is 6.76. The largest absolute Gasteiger partial charge is 0.393 e. The third-order valence-electron chi connectivity index (χ3n) is 2.99. The summed E-state index contributed by atoms with van der Waals surface area (Å²) in [4.78, 5) is 14.0. The average molecular weight is 279 g/mol. The maximum Gasteiger partial charge on any atom is 0.229 e. The molecule has 1 atom stereocenters. The number of hydrogen-bond acceptors (Lipinski definition) is 3. The monoisotopic (exact) mass is 279 g/mol. The topological polar surface area (TPSA) is 58.4 Å². The Morgan fingerprint density at radius 3 is 2.63 bits per heavy atom. The zero-order chi connectivity index (χ0) is 14.3. The Morgan fingerprint density at radius 1 is 1.42 bits per heavy atom. The maximum absolute atomic E-state index is 11.6. The molecule has 0 aliphatic heterocycles. The van der Waals surface area contributed by atoms with E-state index in [-0.39, 0.29) is 10.9 Å². The van der Waals surface area contributed by atoms with Crippen molar-refractivity contribution < 1.29 is 4.79 Å². The second-order valence-electron chi connectivity index (χ2n) is 4.53. The molecular formula is C14H21N3OS. The summed E-state index contributed by atoms with van der Waals surface area (Å²) in [6.45, 7) is 3.22. The molecule has 0 saturated heterocycles. The SMILES string of the molecule is CC(C(=O)NCCCN(C)c1ccccc1)C(N)=S. The highest BCUT2D eigenvalue weighted by Crippen LogP contribution is 2.10. The minimum absolute atomic E-state index is 0.102. The van der Waals surface area contributed by atoms with Crippen molar-refractivity contribution in [2.24, 2.45) is 11.7 Å². The number of amides is 1.